The second-order valence-corrected chi connectivity index (χ2v) is 3.58. The summed E-state index contributed by atoms with van der Waals surface area (Å²) in [7, 11) is 0. The molecule has 0 N–H and O–H groups in total. The number of ether oxygens (including phenoxy) is 2. The first-order valence-corrected chi connectivity index (χ1v) is 5.39. The Balaban J connectivity index is 2.15. The van der Waals surface area contributed by atoms with Crippen LogP contribution >= 0.6 is 0 Å². The molecule has 0 saturated carbocycles. The number of nitrogens with zero attached hydrogens (tertiary/aromatic N) is 2. The quantitative estimate of drug-likeness (QED) is 0.718. The van der Waals surface area contributed by atoms with E-state index in [1.54, 1.807) is 19.2 Å². The molecular formula is C11H14N2O3. The van der Waals surface area contributed by atoms with Gasteiger partial charge in [-0.25, -0.2) is 14.8 Å². The van der Waals surface area contributed by atoms with Gasteiger partial charge in [0, 0.05) is 18.7 Å². The predicted molar refractivity (Wildman–Crippen MR) is 56.2 cm³/mol. The number of aromatic nitrogens is 2. The molecule has 1 aliphatic heterocycles. The van der Waals surface area contributed by atoms with E-state index in [1.807, 2.05) is 0 Å². The number of carbonyl (C=O) groups excluding carboxylic acids is 1. The fraction of sp³-hybridized carbons (Fsp3) is 0.545. The lowest BCUT2D eigenvalue weighted by Gasteiger charge is -2.07. The van der Waals surface area contributed by atoms with Gasteiger partial charge in [-0.1, -0.05) is 0 Å². The molecule has 1 fully saturated rings. The number of hydrogen-bond acceptors (Lipinski definition) is 5. The highest BCUT2D eigenvalue weighted by Crippen LogP contribution is 2.21. The maximum atomic E-state index is 11.5. The summed E-state index contributed by atoms with van der Waals surface area (Å²) in [5.74, 6) is 0.475. The van der Waals surface area contributed by atoms with E-state index in [-0.39, 0.29) is 5.92 Å². The zero-order valence-electron chi connectivity index (χ0n) is 9.18. The van der Waals surface area contributed by atoms with E-state index in [2.05, 4.69) is 9.97 Å². The van der Waals surface area contributed by atoms with E-state index in [0.717, 1.165) is 13.0 Å². The van der Waals surface area contributed by atoms with Crippen molar-refractivity contribution < 1.29 is 14.3 Å². The Kier molecular flexibility index (Phi) is 3.46. The summed E-state index contributed by atoms with van der Waals surface area (Å²) >= 11 is 0. The second kappa shape index (κ2) is 5.03. The second-order valence-electron chi connectivity index (χ2n) is 3.58. The van der Waals surface area contributed by atoms with E-state index in [4.69, 9.17) is 9.47 Å². The fourth-order valence-electron chi connectivity index (χ4n) is 1.63. The van der Waals surface area contributed by atoms with Crippen molar-refractivity contribution in [3.05, 3.63) is 23.8 Å². The normalized spacial score (nSPS) is 19.7. The third kappa shape index (κ3) is 2.36. The Bertz CT molecular complexity index is 375. The summed E-state index contributed by atoms with van der Waals surface area (Å²) in [5.41, 5.74) is 0.318. The molecule has 1 aromatic heterocycles. The molecule has 5 nitrogen and oxygen atoms in total. The van der Waals surface area contributed by atoms with Gasteiger partial charge in [-0.05, 0) is 19.4 Å². The fourth-order valence-corrected chi connectivity index (χ4v) is 1.63. The van der Waals surface area contributed by atoms with Gasteiger partial charge in [0.1, 0.15) is 5.82 Å². The Morgan fingerprint density at radius 1 is 1.69 bits per heavy atom. The standard InChI is InChI=1S/C11H14N2O3/c1-2-16-11(14)9-3-5-12-10(13-9)8-4-6-15-7-8/h3,5,8H,2,4,6-7H2,1H3. The van der Waals surface area contributed by atoms with Crippen molar-refractivity contribution in [3.8, 4) is 0 Å². The molecule has 1 aromatic rings. The van der Waals surface area contributed by atoms with Crippen LogP contribution in [0.2, 0.25) is 0 Å². The molecule has 1 saturated heterocycles. The Morgan fingerprint density at radius 2 is 2.56 bits per heavy atom. The summed E-state index contributed by atoms with van der Waals surface area (Å²) in [4.78, 5) is 19.8. The molecule has 0 radical (unpaired) electrons. The third-order valence-electron chi connectivity index (χ3n) is 2.45. The molecule has 5 heteroatoms. The maximum absolute atomic E-state index is 11.5. The number of carbonyl (C=O) groups is 1. The average molecular weight is 222 g/mol. The summed E-state index contributed by atoms with van der Waals surface area (Å²) in [6.45, 7) is 3.49. The smallest absolute Gasteiger partial charge is 0.357 e. The minimum absolute atomic E-state index is 0.203. The molecule has 0 amide bonds. The molecule has 0 spiro atoms. The number of rotatable bonds is 3. The highest BCUT2D eigenvalue weighted by molar-refractivity contribution is 5.87. The van der Waals surface area contributed by atoms with Crippen LogP contribution in [0.25, 0.3) is 0 Å². The first-order valence-electron chi connectivity index (χ1n) is 5.39. The van der Waals surface area contributed by atoms with E-state index < -0.39 is 5.97 Å². The SMILES string of the molecule is CCOC(=O)c1ccnc(C2CCOC2)n1. The number of hydrogen-bond donors (Lipinski definition) is 0. The lowest BCUT2D eigenvalue weighted by Crippen LogP contribution is -2.11. The van der Waals surface area contributed by atoms with Crippen LogP contribution in [-0.4, -0.2) is 35.8 Å². The van der Waals surface area contributed by atoms with Gasteiger partial charge in [-0.2, -0.15) is 0 Å². The maximum Gasteiger partial charge on any atom is 0.357 e. The largest absolute Gasteiger partial charge is 0.461 e. The average Bonchev–Trinajstić information content (AvgIpc) is 2.83. The molecular weight excluding hydrogens is 208 g/mol. The Hall–Kier alpha value is -1.49. The summed E-state index contributed by atoms with van der Waals surface area (Å²) in [5, 5.41) is 0. The molecule has 0 aliphatic carbocycles. The molecule has 1 atom stereocenters. The van der Waals surface area contributed by atoms with E-state index in [9.17, 15) is 4.79 Å². The van der Waals surface area contributed by atoms with Crippen molar-refractivity contribution in [2.75, 3.05) is 19.8 Å². The van der Waals surface area contributed by atoms with Crippen LogP contribution in [-0.2, 0) is 9.47 Å². The van der Waals surface area contributed by atoms with E-state index in [1.165, 1.54) is 0 Å². The molecule has 0 aromatic carbocycles. The van der Waals surface area contributed by atoms with Crippen molar-refractivity contribution in [2.24, 2.45) is 0 Å². The van der Waals surface area contributed by atoms with Crippen molar-refractivity contribution in [3.63, 3.8) is 0 Å². The highest BCUT2D eigenvalue weighted by Gasteiger charge is 2.21. The van der Waals surface area contributed by atoms with Crippen molar-refractivity contribution >= 4 is 5.97 Å². The van der Waals surface area contributed by atoms with Crippen LogP contribution in [0.3, 0.4) is 0 Å². The monoisotopic (exact) mass is 222 g/mol. The highest BCUT2D eigenvalue weighted by atomic mass is 16.5. The van der Waals surface area contributed by atoms with Gasteiger partial charge in [0.2, 0.25) is 0 Å². The van der Waals surface area contributed by atoms with Crippen molar-refractivity contribution in [2.45, 2.75) is 19.3 Å². The van der Waals surface area contributed by atoms with Crippen LogP contribution in [0.4, 0.5) is 0 Å². The molecule has 1 unspecified atom stereocenters. The van der Waals surface area contributed by atoms with Gasteiger partial charge in [-0.3, -0.25) is 0 Å². The molecule has 16 heavy (non-hydrogen) atoms. The van der Waals surface area contributed by atoms with Crippen molar-refractivity contribution in [1.82, 2.24) is 9.97 Å². The third-order valence-corrected chi connectivity index (χ3v) is 2.45. The van der Waals surface area contributed by atoms with Crippen LogP contribution in [0, 0.1) is 0 Å². The van der Waals surface area contributed by atoms with Gasteiger partial charge in [0.15, 0.2) is 5.69 Å². The zero-order chi connectivity index (χ0) is 11.4. The lowest BCUT2D eigenvalue weighted by atomic mass is 10.1. The van der Waals surface area contributed by atoms with Crippen LogP contribution in [0.1, 0.15) is 35.6 Å². The minimum atomic E-state index is -0.398. The van der Waals surface area contributed by atoms with E-state index in [0.29, 0.717) is 24.7 Å². The van der Waals surface area contributed by atoms with Crippen LogP contribution in [0.15, 0.2) is 12.3 Å². The molecule has 0 bridgehead atoms. The molecule has 86 valence electrons. The molecule has 2 heterocycles. The van der Waals surface area contributed by atoms with Gasteiger partial charge in [0.25, 0.3) is 0 Å². The summed E-state index contributed by atoms with van der Waals surface area (Å²) < 4.78 is 10.1. The van der Waals surface area contributed by atoms with E-state index >= 15 is 0 Å². The first-order chi connectivity index (χ1) is 7.81. The lowest BCUT2D eigenvalue weighted by molar-refractivity contribution is 0.0518. The topological polar surface area (TPSA) is 61.3 Å². The Labute approximate surface area is 93.8 Å². The minimum Gasteiger partial charge on any atom is -0.461 e. The summed E-state index contributed by atoms with van der Waals surface area (Å²) in [6, 6.07) is 1.57. The predicted octanol–water partition coefficient (Wildman–Crippen LogP) is 1.16. The van der Waals surface area contributed by atoms with Crippen LogP contribution < -0.4 is 0 Å². The van der Waals surface area contributed by atoms with Gasteiger partial charge < -0.3 is 9.47 Å². The zero-order valence-corrected chi connectivity index (χ0v) is 9.18. The Morgan fingerprint density at radius 3 is 3.25 bits per heavy atom. The van der Waals surface area contributed by atoms with Gasteiger partial charge >= 0.3 is 5.97 Å². The van der Waals surface area contributed by atoms with Crippen LogP contribution in [0.5, 0.6) is 0 Å². The van der Waals surface area contributed by atoms with Crippen molar-refractivity contribution in [1.29, 1.82) is 0 Å². The summed E-state index contributed by atoms with van der Waals surface area (Å²) in [6.07, 6.45) is 2.50. The molecule has 1 aliphatic rings. The van der Waals surface area contributed by atoms with Gasteiger partial charge in [-0.15, -0.1) is 0 Å². The van der Waals surface area contributed by atoms with Gasteiger partial charge in [0.05, 0.1) is 13.2 Å². The molecule has 2 rings (SSSR count). The number of esters is 1. The first kappa shape index (κ1) is 11.0.